The van der Waals surface area contributed by atoms with Gasteiger partial charge in [-0.25, -0.2) is 12.8 Å². The first-order valence-electron chi connectivity index (χ1n) is 12.3. The van der Waals surface area contributed by atoms with E-state index in [1.165, 1.54) is 29.3 Å². The maximum Gasteiger partial charge on any atom is 0.316 e. The molecule has 2 heterocycles. The number of piperazine rings is 1. The molecule has 0 N–H and O–H groups in total. The number of nitrogens with zero attached hydrogens (tertiary/aromatic N) is 4. The standard InChI is InChI=1S/C26H27FN4O4S/c27-20-6-3-7-21(16-20)31-26(32)25(35-22-14-18-4-1-2-5-19(18)15-22)24(17-28-31)29-10-12-30(13-11-29)36(33,34)23-8-9-23/h1-7,16-17,22-23H,8-15H2. The summed E-state index contributed by atoms with van der Waals surface area (Å²) in [6.45, 7) is 1.55. The van der Waals surface area contributed by atoms with Crippen molar-refractivity contribution in [2.24, 2.45) is 0 Å². The third-order valence-electron chi connectivity index (χ3n) is 7.15. The van der Waals surface area contributed by atoms with E-state index in [1.54, 1.807) is 16.6 Å². The normalized spacial score (nSPS) is 18.9. The Labute approximate surface area is 209 Å². The summed E-state index contributed by atoms with van der Waals surface area (Å²) in [6, 6.07) is 13.8. The molecule has 0 spiro atoms. The van der Waals surface area contributed by atoms with E-state index in [0.29, 0.717) is 50.4 Å². The van der Waals surface area contributed by atoms with E-state index in [-0.39, 0.29) is 17.1 Å². The molecule has 36 heavy (non-hydrogen) atoms. The van der Waals surface area contributed by atoms with Crippen LogP contribution < -0.4 is 15.2 Å². The van der Waals surface area contributed by atoms with Crippen LogP contribution in [0.15, 0.2) is 59.5 Å². The third-order valence-corrected chi connectivity index (χ3v) is 9.55. The van der Waals surface area contributed by atoms with Gasteiger partial charge in [-0.1, -0.05) is 30.3 Å². The van der Waals surface area contributed by atoms with Crippen LogP contribution in [0.25, 0.3) is 5.69 Å². The van der Waals surface area contributed by atoms with Gasteiger partial charge < -0.3 is 9.64 Å². The quantitative estimate of drug-likeness (QED) is 0.507. The number of sulfonamides is 1. The highest BCUT2D eigenvalue weighted by molar-refractivity contribution is 7.90. The van der Waals surface area contributed by atoms with Crippen LogP contribution in [-0.2, 0) is 22.9 Å². The zero-order valence-corrected chi connectivity index (χ0v) is 20.5. The molecule has 3 aromatic rings. The minimum absolute atomic E-state index is 0.158. The fourth-order valence-electron chi connectivity index (χ4n) is 5.09. The Morgan fingerprint density at radius 2 is 1.64 bits per heavy atom. The van der Waals surface area contributed by atoms with Crippen molar-refractivity contribution < 1.29 is 17.5 Å². The Kier molecular flexibility index (Phi) is 5.80. The van der Waals surface area contributed by atoms with Crippen LogP contribution >= 0.6 is 0 Å². The highest BCUT2D eigenvalue weighted by atomic mass is 32.2. The summed E-state index contributed by atoms with van der Waals surface area (Å²) >= 11 is 0. The largest absolute Gasteiger partial charge is 0.482 e. The van der Waals surface area contributed by atoms with Gasteiger partial charge in [-0.3, -0.25) is 4.79 Å². The van der Waals surface area contributed by atoms with Crippen molar-refractivity contribution in [3.05, 3.63) is 82.0 Å². The Morgan fingerprint density at radius 3 is 2.28 bits per heavy atom. The average molecular weight is 511 g/mol. The van der Waals surface area contributed by atoms with Gasteiger partial charge in [-0.2, -0.15) is 14.1 Å². The third kappa shape index (κ3) is 4.28. The van der Waals surface area contributed by atoms with Gasteiger partial charge in [0.05, 0.1) is 17.1 Å². The van der Waals surface area contributed by atoms with Crippen LogP contribution in [0.2, 0.25) is 0 Å². The van der Waals surface area contributed by atoms with Crippen molar-refractivity contribution in [1.82, 2.24) is 14.1 Å². The maximum absolute atomic E-state index is 13.9. The molecular weight excluding hydrogens is 483 g/mol. The average Bonchev–Trinajstić information content (AvgIpc) is 3.66. The predicted molar refractivity (Wildman–Crippen MR) is 134 cm³/mol. The summed E-state index contributed by atoms with van der Waals surface area (Å²) in [4.78, 5) is 15.6. The van der Waals surface area contributed by atoms with Gasteiger partial charge >= 0.3 is 5.56 Å². The van der Waals surface area contributed by atoms with E-state index in [9.17, 15) is 17.6 Å². The molecule has 1 saturated carbocycles. The summed E-state index contributed by atoms with van der Waals surface area (Å²) in [6.07, 6.45) is 4.18. The van der Waals surface area contributed by atoms with Crippen molar-refractivity contribution in [2.75, 3.05) is 31.1 Å². The molecule has 0 amide bonds. The fraction of sp³-hybridized carbons (Fsp3) is 0.385. The molecule has 1 saturated heterocycles. The zero-order valence-electron chi connectivity index (χ0n) is 19.7. The number of rotatable bonds is 6. The lowest BCUT2D eigenvalue weighted by atomic mass is 10.1. The number of benzene rings is 2. The molecule has 6 rings (SSSR count). The lowest BCUT2D eigenvalue weighted by Crippen LogP contribution is -2.50. The predicted octanol–water partition coefficient (Wildman–Crippen LogP) is 2.53. The summed E-state index contributed by atoms with van der Waals surface area (Å²) in [7, 11) is -3.25. The van der Waals surface area contributed by atoms with Crippen molar-refractivity contribution in [2.45, 2.75) is 37.0 Å². The molecule has 1 aliphatic heterocycles. The second-order valence-corrected chi connectivity index (χ2v) is 11.8. The Balaban J connectivity index is 1.32. The van der Waals surface area contributed by atoms with E-state index >= 15 is 0 Å². The Bertz CT molecular complexity index is 1440. The van der Waals surface area contributed by atoms with Crippen LogP contribution in [0.1, 0.15) is 24.0 Å². The van der Waals surface area contributed by atoms with Gasteiger partial charge in [0.1, 0.15) is 17.6 Å². The highest BCUT2D eigenvalue weighted by Crippen LogP contribution is 2.34. The molecule has 188 valence electrons. The summed E-state index contributed by atoms with van der Waals surface area (Å²) in [5.41, 5.74) is 2.77. The molecule has 0 bridgehead atoms. The van der Waals surface area contributed by atoms with Crippen molar-refractivity contribution in [1.29, 1.82) is 0 Å². The summed E-state index contributed by atoms with van der Waals surface area (Å²) in [5, 5.41) is 4.08. The minimum atomic E-state index is -3.25. The van der Waals surface area contributed by atoms with Crippen LogP contribution in [0.5, 0.6) is 5.75 Å². The fourth-order valence-corrected chi connectivity index (χ4v) is 6.91. The summed E-state index contributed by atoms with van der Waals surface area (Å²) < 4.78 is 48.3. The number of ether oxygens (including phenoxy) is 1. The van der Waals surface area contributed by atoms with E-state index in [2.05, 4.69) is 17.2 Å². The van der Waals surface area contributed by atoms with Crippen molar-refractivity contribution in [3.8, 4) is 11.4 Å². The molecular formula is C26H27FN4O4S. The number of hydrogen-bond donors (Lipinski definition) is 0. The molecule has 2 fully saturated rings. The second kappa shape index (κ2) is 9.01. The van der Waals surface area contributed by atoms with Crippen LogP contribution in [0, 0.1) is 5.82 Å². The second-order valence-electron chi connectivity index (χ2n) is 9.60. The molecule has 2 aromatic carbocycles. The van der Waals surface area contributed by atoms with Crippen molar-refractivity contribution in [3.63, 3.8) is 0 Å². The highest BCUT2D eigenvalue weighted by Gasteiger charge is 2.41. The molecule has 1 aromatic heterocycles. The maximum atomic E-state index is 13.9. The van der Waals surface area contributed by atoms with Crippen LogP contribution in [0.3, 0.4) is 0 Å². The van der Waals surface area contributed by atoms with Crippen LogP contribution in [-0.4, -0.2) is 60.0 Å². The number of hydrogen-bond acceptors (Lipinski definition) is 6. The van der Waals surface area contributed by atoms with Gasteiger partial charge in [0.15, 0.2) is 0 Å². The molecule has 3 aliphatic rings. The van der Waals surface area contributed by atoms with E-state index in [1.807, 2.05) is 17.0 Å². The van der Waals surface area contributed by atoms with Crippen molar-refractivity contribution >= 4 is 15.7 Å². The smallest absolute Gasteiger partial charge is 0.316 e. The summed E-state index contributed by atoms with van der Waals surface area (Å²) in [5.74, 6) is -0.308. The Hall–Kier alpha value is -3.24. The van der Waals surface area contributed by atoms with Gasteiger partial charge in [0, 0.05) is 39.0 Å². The van der Waals surface area contributed by atoms with E-state index < -0.39 is 21.4 Å². The molecule has 8 nitrogen and oxygen atoms in total. The molecule has 2 aliphatic carbocycles. The first-order chi connectivity index (χ1) is 17.4. The molecule has 0 atom stereocenters. The topological polar surface area (TPSA) is 84.7 Å². The number of halogens is 1. The first-order valence-corrected chi connectivity index (χ1v) is 13.8. The number of aromatic nitrogens is 2. The van der Waals surface area contributed by atoms with Gasteiger partial charge in [-0.05, 0) is 42.2 Å². The van der Waals surface area contributed by atoms with Gasteiger partial charge in [0.25, 0.3) is 0 Å². The molecule has 0 radical (unpaired) electrons. The monoisotopic (exact) mass is 510 g/mol. The van der Waals surface area contributed by atoms with Gasteiger partial charge in [0.2, 0.25) is 15.8 Å². The first kappa shape index (κ1) is 23.2. The number of anilines is 1. The van der Waals surface area contributed by atoms with E-state index in [0.717, 1.165) is 17.5 Å². The zero-order chi connectivity index (χ0) is 24.9. The Morgan fingerprint density at radius 1 is 0.944 bits per heavy atom. The lowest BCUT2D eigenvalue weighted by molar-refractivity contribution is 0.209. The van der Waals surface area contributed by atoms with Crippen LogP contribution in [0.4, 0.5) is 10.1 Å². The number of fused-ring (bicyclic) bond motifs is 1. The van der Waals surface area contributed by atoms with E-state index in [4.69, 9.17) is 4.74 Å². The molecule has 0 unspecified atom stereocenters. The van der Waals surface area contributed by atoms with Gasteiger partial charge in [-0.15, -0.1) is 0 Å². The SMILES string of the molecule is O=c1c(OC2Cc3ccccc3C2)c(N2CCN(S(=O)(=O)C3CC3)CC2)cnn1-c1cccc(F)c1. The minimum Gasteiger partial charge on any atom is -0.482 e. The molecule has 10 heteroatoms. The lowest BCUT2D eigenvalue weighted by Gasteiger charge is -2.36.